The van der Waals surface area contributed by atoms with Gasteiger partial charge in [0, 0.05) is 12.3 Å². The summed E-state index contributed by atoms with van der Waals surface area (Å²) in [4.78, 5) is 12.1. The first kappa shape index (κ1) is 15.3. The zero-order chi connectivity index (χ0) is 14.9. The highest BCUT2D eigenvalue weighted by atomic mass is 16.5. The van der Waals surface area contributed by atoms with E-state index >= 15 is 0 Å². The highest BCUT2D eigenvalue weighted by Gasteiger charge is 2.40. The quantitative estimate of drug-likeness (QED) is 0.807. The van der Waals surface area contributed by atoms with Crippen molar-refractivity contribution in [3.8, 4) is 0 Å². The van der Waals surface area contributed by atoms with Gasteiger partial charge in [-0.3, -0.25) is 4.79 Å². The lowest BCUT2D eigenvalue weighted by molar-refractivity contribution is -0.158. The lowest BCUT2D eigenvalue weighted by Crippen LogP contribution is -2.41. The Hall–Kier alpha value is -1.09. The number of rotatable bonds is 3. The van der Waals surface area contributed by atoms with E-state index in [2.05, 4.69) is 26.0 Å². The molecule has 0 bridgehead atoms. The number of allylic oxidation sites excluding steroid dienone is 2. The average molecular weight is 278 g/mol. The van der Waals surface area contributed by atoms with E-state index < -0.39 is 6.10 Å². The molecule has 0 aromatic heterocycles. The van der Waals surface area contributed by atoms with Gasteiger partial charge < -0.3 is 9.84 Å². The minimum atomic E-state index is -0.513. The minimum absolute atomic E-state index is 0.0756. The topological polar surface area (TPSA) is 46.5 Å². The third-order valence-electron chi connectivity index (χ3n) is 4.91. The average Bonchev–Trinajstić information content (AvgIpc) is 2.41. The number of ether oxygens (including phenoxy) is 1. The van der Waals surface area contributed by atoms with Crippen LogP contribution in [-0.2, 0) is 9.53 Å². The van der Waals surface area contributed by atoms with Crippen molar-refractivity contribution in [3.05, 3.63) is 23.8 Å². The highest BCUT2D eigenvalue weighted by molar-refractivity contribution is 5.72. The molecule has 0 aromatic carbocycles. The van der Waals surface area contributed by atoms with Crippen LogP contribution in [0.5, 0.6) is 0 Å². The molecule has 20 heavy (non-hydrogen) atoms. The van der Waals surface area contributed by atoms with E-state index in [1.54, 1.807) is 0 Å². The number of hydrogen-bond donors (Lipinski definition) is 1. The maximum absolute atomic E-state index is 12.1. The second kappa shape index (κ2) is 6.13. The van der Waals surface area contributed by atoms with E-state index in [4.69, 9.17) is 4.74 Å². The molecular weight excluding hydrogens is 252 g/mol. The second-order valence-electron chi connectivity index (χ2n) is 6.36. The zero-order valence-corrected chi connectivity index (χ0v) is 12.9. The third-order valence-corrected chi connectivity index (χ3v) is 4.91. The van der Waals surface area contributed by atoms with Gasteiger partial charge in [0.25, 0.3) is 0 Å². The largest absolute Gasteiger partial charge is 0.461 e. The summed E-state index contributed by atoms with van der Waals surface area (Å²) in [6.45, 7) is 8.27. The highest BCUT2D eigenvalue weighted by Crippen LogP contribution is 2.41. The number of carbonyl (C=O) groups excluding carboxylic acids is 1. The number of hydrogen-bond acceptors (Lipinski definition) is 3. The first-order valence-corrected chi connectivity index (χ1v) is 7.72. The summed E-state index contributed by atoms with van der Waals surface area (Å²) in [5, 5.41) is 9.98. The molecule has 0 spiro atoms. The predicted octanol–water partition coefficient (Wildman–Crippen LogP) is 3.09. The SMILES string of the molecule is CC[C@H](C)C(=O)O[C@H]1C[C@H](O)C=C2C=C[C@H](C)[C@H](C)[C@H]21. The molecule has 0 unspecified atom stereocenters. The van der Waals surface area contributed by atoms with Gasteiger partial charge >= 0.3 is 5.97 Å². The molecule has 2 aliphatic carbocycles. The van der Waals surface area contributed by atoms with Gasteiger partial charge in [-0.25, -0.2) is 0 Å². The Morgan fingerprint density at radius 1 is 1.50 bits per heavy atom. The van der Waals surface area contributed by atoms with Crippen molar-refractivity contribution in [2.24, 2.45) is 23.7 Å². The molecule has 2 aliphatic rings. The molecule has 0 saturated carbocycles. The number of aliphatic hydroxyl groups excluding tert-OH is 1. The molecule has 1 N–H and O–H groups in total. The molecule has 0 heterocycles. The maximum atomic E-state index is 12.1. The Morgan fingerprint density at radius 2 is 2.20 bits per heavy atom. The van der Waals surface area contributed by atoms with E-state index in [1.807, 2.05) is 19.9 Å². The molecular formula is C17H26O3. The predicted molar refractivity (Wildman–Crippen MR) is 79.0 cm³/mol. The van der Waals surface area contributed by atoms with Gasteiger partial charge in [0.15, 0.2) is 0 Å². The lowest BCUT2D eigenvalue weighted by atomic mass is 9.69. The Kier molecular flexibility index (Phi) is 4.69. The molecule has 2 rings (SSSR count). The van der Waals surface area contributed by atoms with Crippen molar-refractivity contribution in [1.82, 2.24) is 0 Å². The van der Waals surface area contributed by atoms with Gasteiger partial charge in [-0.2, -0.15) is 0 Å². The van der Waals surface area contributed by atoms with Crippen molar-refractivity contribution in [1.29, 1.82) is 0 Å². The Balaban J connectivity index is 2.19. The fourth-order valence-electron chi connectivity index (χ4n) is 3.13. The van der Waals surface area contributed by atoms with Crippen LogP contribution < -0.4 is 0 Å². The summed E-state index contributed by atoms with van der Waals surface area (Å²) in [5.41, 5.74) is 1.12. The van der Waals surface area contributed by atoms with Gasteiger partial charge in [0.05, 0.1) is 12.0 Å². The molecule has 0 amide bonds. The second-order valence-corrected chi connectivity index (χ2v) is 6.36. The normalized spacial score (nSPS) is 37.9. The van der Waals surface area contributed by atoms with Gasteiger partial charge in [0.2, 0.25) is 0 Å². The van der Waals surface area contributed by atoms with Gasteiger partial charge in [-0.15, -0.1) is 0 Å². The van der Waals surface area contributed by atoms with Crippen LogP contribution in [0.15, 0.2) is 23.8 Å². The lowest BCUT2D eigenvalue weighted by Gasteiger charge is -2.41. The summed E-state index contributed by atoms with van der Waals surface area (Å²) >= 11 is 0. The van der Waals surface area contributed by atoms with E-state index in [-0.39, 0.29) is 23.9 Å². The summed E-state index contributed by atoms with van der Waals surface area (Å²) in [6, 6.07) is 0. The van der Waals surface area contributed by atoms with E-state index in [9.17, 15) is 9.90 Å². The van der Waals surface area contributed by atoms with Crippen molar-refractivity contribution in [3.63, 3.8) is 0 Å². The molecule has 0 aromatic rings. The van der Waals surface area contributed by atoms with Crippen LogP contribution in [0.2, 0.25) is 0 Å². The van der Waals surface area contributed by atoms with Crippen LogP contribution in [0, 0.1) is 23.7 Å². The fourth-order valence-corrected chi connectivity index (χ4v) is 3.13. The third kappa shape index (κ3) is 2.98. The van der Waals surface area contributed by atoms with Crippen LogP contribution in [0.25, 0.3) is 0 Å². The zero-order valence-electron chi connectivity index (χ0n) is 12.9. The summed E-state index contributed by atoms with van der Waals surface area (Å²) < 4.78 is 5.73. The molecule has 0 fully saturated rings. The van der Waals surface area contributed by atoms with Crippen molar-refractivity contribution < 1.29 is 14.6 Å². The molecule has 0 aliphatic heterocycles. The Labute approximate surface area is 121 Å². The van der Waals surface area contributed by atoms with Gasteiger partial charge in [-0.1, -0.05) is 45.9 Å². The van der Waals surface area contributed by atoms with Crippen LogP contribution in [0.1, 0.15) is 40.5 Å². The number of carbonyl (C=O) groups is 1. The summed E-state index contributed by atoms with van der Waals surface area (Å²) in [6.07, 6.45) is 6.77. The standard InChI is InChI=1S/C17H26O3/c1-5-10(2)17(19)20-15-9-14(18)8-13-7-6-11(3)12(4)16(13)15/h6-8,10-12,14-16,18H,5,9H2,1-4H3/t10-,11-,12-,14+,15-,16+/m0/s1. The van der Waals surface area contributed by atoms with E-state index in [0.717, 1.165) is 12.0 Å². The molecule has 6 atom stereocenters. The molecule has 3 heteroatoms. The minimum Gasteiger partial charge on any atom is -0.461 e. The van der Waals surface area contributed by atoms with Crippen LogP contribution in [0.4, 0.5) is 0 Å². The Morgan fingerprint density at radius 3 is 2.85 bits per heavy atom. The van der Waals surface area contributed by atoms with Crippen LogP contribution in [-0.4, -0.2) is 23.3 Å². The summed E-state index contributed by atoms with van der Waals surface area (Å²) in [7, 11) is 0. The van der Waals surface area contributed by atoms with Gasteiger partial charge in [-0.05, 0) is 23.8 Å². The van der Waals surface area contributed by atoms with Crippen molar-refractivity contribution in [2.75, 3.05) is 0 Å². The van der Waals surface area contributed by atoms with Crippen molar-refractivity contribution in [2.45, 2.75) is 52.7 Å². The molecule has 3 nitrogen and oxygen atoms in total. The maximum Gasteiger partial charge on any atom is 0.308 e. The van der Waals surface area contributed by atoms with Crippen LogP contribution in [0.3, 0.4) is 0 Å². The van der Waals surface area contributed by atoms with E-state index in [1.165, 1.54) is 0 Å². The van der Waals surface area contributed by atoms with E-state index in [0.29, 0.717) is 18.3 Å². The first-order chi connectivity index (χ1) is 9.43. The molecule has 112 valence electrons. The van der Waals surface area contributed by atoms with Crippen LogP contribution >= 0.6 is 0 Å². The number of aliphatic hydroxyl groups is 1. The monoisotopic (exact) mass is 278 g/mol. The number of esters is 1. The van der Waals surface area contributed by atoms with Gasteiger partial charge in [0.1, 0.15) is 6.10 Å². The fraction of sp³-hybridized carbons (Fsp3) is 0.706. The smallest absolute Gasteiger partial charge is 0.308 e. The molecule has 0 radical (unpaired) electrons. The van der Waals surface area contributed by atoms with Crippen molar-refractivity contribution >= 4 is 5.97 Å². The summed E-state index contributed by atoms with van der Waals surface area (Å²) in [5.74, 6) is 0.894. The molecule has 0 saturated heterocycles. The number of fused-ring (bicyclic) bond motifs is 1. The Bertz CT molecular complexity index is 424. The first-order valence-electron chi connectivity index (χ1n) is 7.72.